The summed E-state index contributed by atoms with van der Waals surface area (Å²) < 4.78 is 4.64. The Morgan fingerprint density at radius 1 is 1.41 bits per heavy atom. The lowest BCUT2D eigenvalue weighted by Gasteiger charge is -2.05. The Morgan fingerprint density at radius 3 is 2.76 bits per heavy atom. The average molecular weight is 273 g/mol. The van der Waals surface area contributed by atoms with Gasteiger partial charge in [-0.3, -0.25) is 0 Å². The number of carbonyl (C=O) groups is 1. The van der Waals surface area contributed by atoms with Gasteiger partial charge in [0, 0.05) is 4.90 Å². The molecule has 0 fully saturated rings. The predicted octanol–water partition coefficient (Wildman–Crippen LogP) is 4.41. The molecule has 0 radical (unpaired) electrons. The van der Waals surface area contributed by atoms with Gasteiger partial charge < -0.3 is 4.74 Å². The van der Waals surface area contributed by atoms with Crippen molar-refractivity contribution < 1.29 is 9.53 Å². The zero-order chi connectivity index (χ0) is 12.7. The van der Waals surface area contributed by atoms with Crippen LogP contribution in [0.4, 0.5) is 0 Å². The van der Waals surface area contributed by atoms with Gasteiger partial charge in [-0.15, -0.1) is 11.8 Å². The first-order chi connectivity index (χ1) is 8.19. The normalized spacial score (nSPS) is 10.3. The van der Waals surface area contributed by atoms with E-state index in [-0.39, 0.29) is 0 Å². The van der Waals surface area contributed by atoms with Gasteiger partial charge >= 0.3 is 5.97 Å². The summed E-state index contributed by atoms with van der Waals surface area (Å²) in [5.41, 5.74) is 0.423. The molecule has 2 nitrogen and oxygen atoms in total. The van der Waals surface area contributed by atoms with E-state index in [0.29, 0.717) is 10.6 Å². The molecule has 4 heteroatoms. The van der Waals surface area contributed by atoms with Crippen LogP contribution in [-0.4, -0.2) is 18.8 Å². The Kier molecular flexibility index (Phi) is 6.45. The van der Waals surface area contributed by atoms with Crippen LogP contribution in [0.25, 0.3) is 0 Å². The van der Waals surface area contributed by atoms with E-state index in [2.05, 4.69) is 11.7 Å². The van der Waals surface area contributed by atoms with Crippen LogP contribution in [0.3, 0.4) is 0 Å². The molecule has 0 bridgehead atoms. The predicted molar refractivity (Wildman–Crippen MR) is 73.0 cm³/mol. The number of unbranched alkanes of at least 4 members (excludes halogenated alkanes) is 2. The van der Waals surface area contributed by atoms with Crippen LogP contribution in [0.5, 0.6) is 0 Å². The molecule has 0 N–H and O–H groups in total. The monoisotopic (exact) mass is 272 g/mol. The van der Waals surface area contributed by atoms with Gasteiger partial charge in [0.1, 0.15) is 0 Å². The fourth-order valence-electron chi connectivity index (χ4n) is 1.40. The number of hydrogen-bond acceptors (Lipinski definition) is 3. The number of halogens is 1. The minimum atomic E-state index is -0.391. The highest BCUT2D eigenvalue weighted by Crippen LogP contribution is 2.26. The summed E-state index contributed by atoms with van der Waals surface area (Å²) in [6.45, 7) is 2.19. The molecule has 1 aromatic carbocycles. The summed E-state index contributed by atoms with van der Waals surface area (Å²) in [6, 6.07) is 5.45. The van der Waals surface area contributed by atoms with Gasteiger partial charge in [-0.05, 0) is 30.4 Å². The summed E-state index contributed by atoms with van der Waals surface area (Å²) >= 11 is 7.79. The number of benzene rings is 1. The number of thioether (sulfide) groups is 1. The van der Waals surface area contributed by atoms with Gasteiger partial charge in [0.15, 0.2) is 0 Å². The van der Waals surface area contributed by atoms with Gasteiger partial charge in [-0.25, -0.2) is 4.79 Å². The van der Waals surface area contributed by atoms with E-state index in [9.17, 15) is 4.79 Å². The smallest absolute Gasteiger partial charge is 0.339 e. The number of hydrogen-bond donors (Lipinski definition) is 0. The first-order valence-corrected chi connectivity index (χ1v) is 7.06. The number of rotatable bonds is 6. The van der Waals surface area contributed by atoms with Crippen molar-refractivity contribution in [1.29, 1.82) is 0 Å². The molecule has 0 aliphatic rings. The molecule has 0 aromatic heterocycles. The number of esters is 1. The van der Waals surface area contributed by atoms with E-state index >= 15 is 0 Å². The Balaban J connectivity index is 2.59. The number of carbonyl (C=O) groups excluding carboxylic acids is 1. The summed E-state index contributed by atoms with van der Waals surface area (Å²) in [7, 11) is 1.35. The maximum absolute atomic E-state index is 11.3. The fraction of sp³-hybridized carbons (Fsp3) is 0.462. The Labute approximate surface area is 112 Å². The van der Waals surface area contributed by atoms with E-state index in [0.717, 1.165) is 10.6 Å². The first kappa shape index (κ1) is 14.4. The molecule has 1 aromatic rings. The van der Waals surface area contributed by atoms with Gasteiger partial charge in [-0.2, -0.15) is 0 Å². The first-order valence-electron chi connectivity index (χ1n) is 5.69. The summed E-state index contributed by atoms with van der Waals surface area (Å²) in [5.74, 6) is 0.694. The topological polar surface area (TPSA) is 26.3 Å². The highest BCUT2D eigenvalue weighted by atomic mass is 35.5. The van der Waals surface area contributed by atoms with Crippen molar-refractivity contribution in [2.75, 3.05) is 12.9 Å². The van der Waals surface area contributed by atoms with Crippen LogP contribution >= 0.6 is 23.4 Å². The van der Waals surface area contributed by atoms with Gasteiger partial charge in [-0.1, -0.05) is 31.4 Å². The Bertz CT molecular complexity index is 380. The van der Waals surface area contributed by atoms with Gasteiger partial charge in [0.2, 0.25) is 0 Å². The largest absolute Gasteiger partial charge is 0.465 e. The highest BCUT2D eigenvalue weighted by Gasteiger charge is 2.10. The van der Waals surface area contributed by atoms with Crippen molar-refractivity contribution in [3.8, 4) is 0 Å². The van der Waals surface area contributed by atoms with Crippen molar-refractivity contribution >= 4 is 29.3 Å². The zero-order valence-corrected chi connectivity index (χ0v) is 11.7. The summed E-state index contributed by atoms with van der Waals surface area (Å²) in [6.07, 6.45) is 3.68. The van der Waals surface area contributed by atoms with Crippen molar-refractivity contribution in [2.24, 2.45) is 0 Å². The second-order valence-electron chi connectivity index (χ2n) is 3.69. The third-order valence-corrected chi connectivity index (χ3v) is 3.76. The van der Waals surface area contributed by atoms with Crippen LogP contribution in [0.2, 0.25) is 5.02 Å². The van der Waals surface area contributed by atoms with Gasteiger partial charge in [0.05, 0.1) is 17.7 Å². The molecular formula is C13H17ClO2S. The molecule has 0 aliphatic carbocycles. The fourth-order valence-corrected chi connectivity index (χ4v) is 2.68. The molecule has 0 atom stereocenters. The third-order valence-electron chi connectivity index (χ3n) is 2.36. The summed E-state index contributed by atoms with van der Waals surface area (Å²) in [4.78, 5) is 12.4. The molecule has 0 saturated carbocycles. The van der Waals surface area contributed by atoms with E-state index in [1.165, 1.54) is 26.4 Å². The van der Waals surface area contributed by atoms with Crippen LogP contribution < -0.4 is 0 Å². The molecule has 94 valence electrons. The maximum atomic E-state index is 11.3. The lowest BCUT2D eigenvalue weighted by Crippen LogP contribution is -2.01. The SMILES string of the molecule is CCCCCSc1ccc(C(=O)OC)c(Cl)c1. The Hall–Kier alpha value is -0.670. The van der Waals surface area contributed by atoms with E-state index in [1.807, 2.05) is 12.1 Å². The van der Waals surface area contributed by atoms with Crippen LogP contribution in [0.1, 0.15) is 36.5 Å². The maximum Gasteiger partial charge on any atom is 0.339 e. The molecule has 0 spiro atoms. The Morgan fingerprint density at radius 2 is 2.18 bits per heavy atom. The van der Waals surface area contributed by atoms with Crippen LogP contribution in [0.15, 0.2) is 23.1 Å². The van der Waals surface area contributed by atoms with Crippen molar-refractivity contribution in [2.45, 2.75) is 31.1 Å². The van der Waals surface area contributed by atoms with Crippen molar-refractivity contribution in [3.63, 3.8) is 0 Å². The molecule has 0 saturated heterocycles. The lowest BCUT2D eigenvalue weighted by molar-refractivity contribution is 0.0601. The quantitative estimate of drug-likeness (QED) is 0.436. The molecule has 1 rings (SSSR count). The number of methoxy groups -OCH3 is 1. The second-order valence-corrected chi connectivity index (χ2v) is 5.26. The molecule has 0 amide bonds. The lowest BCUT2D eigenvalue weighted by atomic mass is 10.2. The second kappa shape index (κ2) is 7.62. The minimum absolute atomic E-state index is 0.391. The van der Waals surface area contributed by atoms with Gasteiger partial charge in [0.25, 0.3) is 0 Å². The van der Waals surface area contributed by atoms with E-state index in [1.54, 1.807) is 17.8 Å². The molecular weight excluding hydrogens is 256 g/mol. The van der Waals surface area contributed by atoms with Crippen molar-refractivity contribution in [1.82, 2.24) is 0 Å². The number of ether oxygens (including phenoxy) is 1. The van der Waals surface area contributed by atoms with E-state index < -0.39 is 5.97 Å². The van der Waals surface area contributed by atoms with E-state index in [4.69, 9.17) is 11.6 Å². The van der Waals surface area contributed by atoms with Crippen LogP contribution in [-0.2, 0) is 4.74 Å². The molecule has 17 heavy (non-hydrogen) atoms. The summed E-state index contributed by atoms with van der Waals surface area (Å²) in [5, 5.41) is 0.456. The third kappa shape index (κ3) is 4.60. The minimum Gasteiger partial charge on any atom is -0.465 e. The van der Waals surface area contributed by atoms with Crippen molar-refractivity contribution in [3.05, 3.63) is 28.8 Å². The highest BCUT2D eigenvalue weighted by molar-refractivity contribution is 7.99. The standard InChI is InChI=1S/C13H17ClO2S/c1-3-4-5-8-17-10-6-7-11(12(14)9-10)13(15)16-2/h6-7,9H,3-5,8H2,1-2H3. The van der Waals surface area contributed by atoms with Crippen LogP contribution in [0, 0.1) is 0 Å². The molecule has 0 heterocycles. The zero-order valence-electron chi connectivity index (χ0n) is 10.2. The molecule has 0 aliphatic heterocycles. The molecule has 0 unspecified atom stereocenters. The average Bonchev–Trinajstić information content (AvgIpc) is 2.34.